The molecule has 0 fully saturated rings. The number of halogens is 1. The molecule has 0 spiro atoms. The van der Waals surface area contributed by atoms with Crippen LogP contribution in [0, 0.1) is 0 Å². The monoisotopic (exact) mass is 381 g/mol. The maximum atomic E-state index is 4.41. The van der Waals surface area contributed by atoms with Gasteiger partial charge in [-0.25, -0.2) is 9.97 Å². The Balaban J connectivity index is 1.79. The first-order valence-corrected chi connectivity index (χ1v) is 8.74. The van der Waals surface area contributed by atoms with Crippen molar-refractivity contribution >= 4 is 49.0 Å². The lowest BCUT2D eigenvalue weighted by Gasteiger charge is -2.07. The molecule has 2 aromatic heterocycles. The number of para-hydroxylation sites is 1. The van der Waals surface area contributed by atoms with Crippen LogP contribution in [0.1, 0.15) is 0 Å². The molecule has 1 N–H and O–H groups in total. The van der Waals surface area contributed by atoms with Gasteiger partial charge in [0.2, 0.25) is 0 Å². The number of aromatic nitrogens is 2. The average Bonchev–Trinajstić information content (AvgIpc) is 3.03. The third-order valence-corrected chi connectivity index (χ3v) is 5.30. The molecular weight excluding hydrogens is 370 g/mol. The molecule has 2 heterocycles. The topological polar surface area (TPSA) is 37.8 Å². The van der Waals surface area contributed by atoms with Crippen molar-refractivity contribution in [3.8, 4) is 10.4 Å². The van der Waals surface area contributed by atoms with Crippen LogP contribution >= 0.6 is 27.3 Å². The number of nitrogens with one attached hydrogen (secondary N) is 1. The fraction of sp³-hybridized carbons (Fsp3) is 0. The quantitative estimate of drug-likeness (QED) is 0.482. The van der Waals surface area contributed by atoms with E-state index < -0.39 is 0 Å². The highest BCUT2D eigenvalue weighted by Gasteiger charge is 2.11. The third kappa shape index (κ3) is 2.85. The Hall–Kier alpha value is -2.24. The molecule has 0 unspecified atom stereocenters. The van der Waals surface area contributed by atoms with E-state index in [2.05, 4.69) is 49.4 Å². The van der Waals surface area contributed by atoms with Gasteiger partial charge >= 0.3 is 0 Å². The standard InChI is InChI=1S/C18H12BrN3S/c19-14-8-4-5-9-15(14)22-17-13-10-16(12-6-2-1-3-7-12)23-18(13)21-11-20-17/h1-11H,(H,20,21,22). The lowest BCUT2D eigenvalue weighted by Crippen LogP contribution is -1.95. The zero-order chi connectivity index (χ0) is 15.6. The minimum atomic E-state index is 0.820. The fourth-order valence-corrected chi connectivity index (χ4v) is 3.78. The van der Waals surface area contributed by atoms with E-state index in [1.807, 2.05) is 42.5 Å². The molecule has 4 aromatic rings. The van der Waals surface area contributed by atoms with E-state index in [0.29, 0.717) is 0 Å². The first-order chi connectivity index (χ1) is 11.3. The van der Waals surface area contributed by atoms with Crippen LogP contribution in [-0.2, 0) is 0 Å². The SMILES string of the molecule is Brc1ccccc1Nc1ncnc2sc(-c3ccccc3)cc12. The van der Waals surface area contributed by atoms with Crippen molar-refractivity contribution in [1.82, 2.24) is 9.97 Å². The Labute approximate surface area is 146 Å². The minimum absolute atomic E-state index is 0.820. The van der Waals surface area contributed by atoms with Gasteiger partial charge in [0.15, 0.2) is 0 Å². The Morgan fingerprint density at radius 1 is 0.913 bits per heavy atom. The number of thiophene rings is 1. The molecule has 0 aliphatic carbocycles. The van der Waals surface area contributed by atoms with Gasteiger partial charge in [-0.15, -0.1) is 11.3 Å². The number of anilines is 2. The van der Waals surface area contributed by atoms with Gasteiger partial charge in [0.1, 0.15) is 17.0 Å². The first kappa shape index (κ1) is 14.4. The summed E-state index contributed by atoms with van der Waals surface area (Å²) in [6, 6.07) is 20.5. The molecule has 23 heavy (non-hydrogen) atoms. The molecule has 5 heteroatoms. The van der Waals surface area contributed by atoms with Crippen LogP contribution in [0.5, 0.6) is 0 Å². The van der Waals surface area contributed by atoms with Crippen molar-refractivity contribution in [2.75, 3.05) is 5.32 Å². The van der Waals surface area contributed by atoms with Crippen LogP contribution in [0.2, 0.25) is 0 Å². The normalized spacial score (nSPS) is 10.8. The number of benzene rings is 2. The van der Waals surface area contributed by atoms with Crippen molar-refractivity contribution in [3.05, 3.63) is 71.5 Å². The van der Waals surface area contributed by atoms with Crippen LogP contribution in [-0.4, -0.2) is 9.97 Å². The van der Waals surface area contributed by atoms with E-state index >= 15 is 0 Å². The predicted molar refractivity (Wildman–Crippen MR) is 100 cm³/mol. The summed E-state index contributed by atoms with van der Waals surface area (Å²) in [6.07, 6.45) is 1.60. The zero-order valence-electron chi connectivity index (χ0n) is 12.0. The highest BCUT2D eigenvalue weighted by molar-refractivity contribution is 9.10. The van der Waals surface area contributed by atoms with Gasteiger partial charge in [-0.3, -0.25) is 0 Å². The summed E-state index contributed by atoms with van der Waals surface area (Å²) in [4.78, 5) is 11.0. The van der Waals surface area contributed by atoms with Crippen LogP contribution in [0.3, 0.4) is 0 Å². The summed E-state index contributed by atoms with van der Waals surface area (Å²) < 4.78 is 1.00. The molecule has 2 aromatic carbocycles. The summed E-state index contributed by atoms with van der Waals surface area (Å²) in [6.45, 7) is 0. The maximum absolute atomic E-state index is 4.41. The fourth-order valence-electron chi connectivity index (χ4n) is 2.39. The Kier molecular flexibility index (Phi) is 3.81. The summed E-state index contributed by atoms with van der Waals surface area (Å²) in [7, 11) is 0. The van der Waals surface area contributed by atoms with Crippen molar-refractivity contribution in [3.63, 3.8) is 0 Å². The van der Waals surface area contributed by atoms with Gasteiger partial charge < -0.3 is 5.32 Å². The highest BCUT2D eigenvalue weighted by atomic mass is 79.9. The van der Waals surface area contributed by atoms with Crippen LogP contribution < -0.4 is 5.32 Å². The predicted octanol–water partition coefficient (Wildman–Crippen LogP) is 5.86. The van der Waals surface area contributed by atoms with Gasteiger partial charge in [-0.05, 0) is 39.7 Å². The summed E-state index contributed by atoms with van der Waals surface area (Å²) in [5.41, 5.74) is 2.18. The minimum Gasteiger partial charge on any atom is -0.339 e. The second-order valence-corrected chi connectivity index (χ2v) is 6.91. The van der Waals surface area contributed by atoms with Gasteiger partial charge in [0.25, 0.3) is 0 Å². The van der Waals surface area contributed by atoms with Gasteiger partial charge in [-0.1, -0.05) is 42.5 Å². The number of fused-ring (bicyclic) bond motifs is 1. The molecule has 0 atom stereocenters. The van der Waals surface area contributed by atoms with Crippen LogP contribution in [0.4, 0.5) is 11.5 Å². The molecule has 0 aliphatic rings. The van der Waals surface area contributed by atoms with Crippen LogP contribution in [0.15, 0.2) is 71.5 Å². The number of nitrogens with zero attached hydrogens (tertiary/aromatic N) is 2. The molecule has 4 rings (SSSR count). The lowest BCUT2D eigenvalue weighted by molar-refractivity contribution is 1.23. The second kappa shape index (κ2) is 6.10. The van der Waals surface area contributed by atoms with E-state index in [9.17, 15) is 0 Å². The number of rotatable bonds is 3. The van der Waals surface area contributed by atoms with Crippen LogP contribution in [0.25, 0.3) is 20.7 Å². The smallest absolute Gasteiger partial charge is 0.142 e. The van der Waals surface area contributed by atoms with Crippen molar-refractivity contribution < 1.29 is 0 Å². The summed E-state index contributed by atoms with van der Waals surface area (Å²) >= 11 is 5.23. The first-order valence-electron chi connectivity index (χ1n) is 7.13. The van der Waals surface area contributed by atoms with Gasteiger partial charge in [-0.2, -0.15) is 0 Å². The van der Waals surface area contributed by atoms with E-state index in [1.165, 1.54) is 10.4 Å². The molecular formula is C18H12BrN3S. The number of hydrogen-bond donors (Lipinski definition) is 1. The largest absolute Gasteiger partial charge is 0.339 e. The van der Waals surface area contributed by atoms with Gasteiger partial charge in [0.05, 0.1) is 11.1 Å². The summed E-state index contributed by atoms with van der Waals surface area (Å²) in [5, 5.41) is 4.42. The molecule has 3 nitrogen and oxygen atoms in total. The molecule has 0 amide bonds. The maximum Gasteiger partial charge on any atom is 0.142 e. The third-order valence-electron chi connectivity index (χ3n) is 3.51. The summed E-state index contributed by atoms with van der Waals surface area (Å²) in [5.74, 6) is 0.820. The molecule has 0 aliphatic heterocycles. The molecule has 0 saturated carbocycles. The second-order valence-electron chi connectivity index (χ2n) is 5.02. The van der Waals surface area contributed by atoms with Crippen molar-refractivity contribution in [1.29, 1.82) is 0 Å². The van der Waals surface area contributed by atoms with E-state index in [4.69, 9.17) is 0 Å². The lowest BCUT2D eigenvalue weighted by atomic mass is 10.2. The average molecular weight is 382 g/mol. The molecule has 0 radical (unpaired) electrons. The number of hydrogen-bond acceptors (Lipinski definition) is 4. The molecule has 112 valence electrons. The highest BCUT2D eigenvalue weighted by Crippen LogP contribution is 2.36. The van der Waals surface area contributed by atoms with Crippen molar-refractivity contribution in [2.45, 2.75) is 0 Å². The van der Waals surface area contributed by atoms with E-state index in [1.54, 1.807) is 17.7 Å². The molecule has 0 bridgehead atoms. The van der Waals surface area contributed by atoms with E-state index in [-0.39, 0.29) is 0 Å². The Bertz CT molecular complexity index is 966. The van der Waals surface area contributed by atoms with E-state index in [0.717, 1.165) is 26.2 Å². The Morgan fingerprint density at radius 2 is 1.70 bits per heavy atom. The van der Waals surface area contributed by atoms with Crippen molar-refractivity contribution in [2.24, 2.45) is 0 Å². The van der Waals surface area contributed by atoms with Gasteiger partial charge in [0, 0.05) is 9.35 Å². The zero-order valence-corrected chi connectivity index (χ0v) is 14.4. The Morgan fingerprint density at radius 3 is 2.52 bits per heavy atom. The molecule has 0 saturated heterocycles.